The van der Waals surface area contributed by atoms with Gasteiger partial charge in [0.1, 0.15) is 6.61 Å². The summed E-state index contributed by atoms with van der Waals surface area (Å²) in [7, 11) is 0. The Balaban J connectivity index is 0.00000272. The Labute approximate surface area is 174 Å². The third-order valence-corrected chi connectivity index (χ3v) is 6.29. The first kappa shape index (κ1) is 21.0. The minimum Gasteiger partial charge on any atom is -0.366 e. The first-order valence-corrected chi connectivity index (χ1v) is 10.4. The molecule has 3 saturated heterocycles. The number of nitrogens with one attached hydrogen (secondary N) is 1. The van der Waals surface area contributed by atoms with Gasteiger partial charge in [-0.05, 0) is 49.3 Å². The number of ether oxygens (including phenoxy) is 1. The largest absolute Gasteiger partial charge is 0.416 e. The van der Waals surface area contributed by atoms with E-state index in [0.29, 0.717) is 38.5 Å². The van der Waals surface area contributed by atoms with Crippen molar-refractivity contribution < 1.29 is 28.9 Å². The lowest BCUT2D eigenvalue weighted by Crippen LogP contribution is -2.62. The number of likely N-dealkylation sites (tertiary alicyclic amines) is 2. The average molecular weight is 427 g/mol. The molecule has 6 nitrogen and oxygen atoms in total. The number of halogens is 3. The highest BCUT2D eigenvalue weighted by Crippen LogP contribution is 2.30. The summed E-state index contributed by atoms with van der Waals surface area (Å²) in [5, 5.41) is 2.91. The Morgan fingerprint density at radius 3 is 2.43 bits per heavy atom. The van der Waals surface area contributed by atoms with Crippen molar-refractivity contribution in [1.82, 2.24) is 15.1 Å². The van der Waals surface area contributed by atoms with Crippen LogP contribution in [-0.4, -0.2) is 66.7 Å². The topological polar surface area (TPSA) is 61.9 Å². The summed E-state index contributed by atoms with van der Waals surface area (Å²) in [6.45, 7) is 2.43. The van der Waals surface area contributed by atoms with Crippen LogP contribution in [0.15, 0.2) is 24.3 Å². The molecule has 0 radical (unpaired) electrons. The van der Waals surface area contributed by atoms with Crippen molar-refractivity contribution in [3.8, 4) is 0 Å². The van der Waals surface area contributed by atoms with Crippen LogP contribution in [0, 0.1) is 5.92 Å². The third kappa shape index (κ3) is 4.71. The number of benzene rings is 1. The number of hydrogen-bond donors (Lipinski definition) is 1. The quantitative estimate of drug-likeness (QED) is 0.790. The zero-order valence-electron chi connectivity index (χ0n) is 16.7. The molecule has 2 atom stereocenters. The summed E-state index contributed by atoms with van der Waals surface area (Å²) >= 11 is 0. The van der Waals surface area contributed by atoms with Gasteiger partial charge in [0.05, 0.1) is 17.7 Å². The molecular weight excluding hydrogens is 399 g/mol. The van der Waals surface area contributed by atoms with Gasteiger partial charge >= 0.3 is 12.2 Å². The smallest absolute Gasteiger partial charge is 0.366 e. The predicted octanol–water partition coefficient (Wildman–Crippen LogP) is 2.92. The summed E-state index contributed by atoms with van der Waals surface area (Å²) in [6, 6.07) is 5.19. The van der Waals surface area contributed by atoms with Gasteiger partial charge in [0, 0.05) is 27.6 Å². The molecule has 1 aromatic rings. The summed E-state index contributed by atoms with van der Waals surface area (Å²) in [5.74, 6) is 0.206. The van der Waals surface area contributed by atoms with E-state index in [-0.39, 0.29) is 32.1 Å². The molecule has 166 valence electrons. The van der Waals surface area contributed by atoms with Gasteiger partial charge in [-0.3, -0.25) is 4.79 Å². The van der Waals surface area contributed by atoms with Gasteiger partial charge in [-0.2, -0.15) is 13.2 Å². The molecule has 0 spiro atoms. The fourth-order valence-electron chi connectivity index (χ4n) is 4.57. The van der Waals surface area contributed by atoms with E-state index in [4.69, 9.17) is 4.74 Å². The highest BCUT2D eigenvalue weighted by Gasteiger charge is 2.38. The fraction of sp³-hybridized carbons (Fsp3) is 0.619. The molecule has 0 aliphatic carbocycles. The van der Waals surface area contributed by atoms with Gasteiger partial charge in [-0.15, -0.1) is 0 Å². The van der Waals surface area contributed by atoms with Crippen molar-refractivity contribution in [2.24, 2.45) is 5.92 Å². The van der Waals surface area contributed by atoms with Gasteiger partial charge in [-0.1, -0.05) is 12.1 Å². The van der Waals surface area contributed by atoms with E-state index in [1.165, 1.54) is 0 Å². The molecule has 0 unspecified atom stereocenters. The summed E-state index contributed by atoms with van der Waals surface area (Å²) in [5.41, 5.74) is 0.262. The monoisotopic (exact) mass is 427 g/mol. The van der Waals surface area contributed by atoms with Gasteiger partial charge in [0.25, 0.3) is 0 Å². The first-order chi connectivity index (χ1) is 14.3. The molecular formula is C21H28F3N3O3. The van der Waals surface area contributed by atoms with Gasteiger partial charge in [0.15, 0.2) is 0 Å². The van der Waals surface area contributed by atoms with Gasteiger partial charge in [-0.25, -0.2) is 4.79 Å². The Kier molecular flexibility index (Phi) is 5.90. The molecule has 1 N–H and O–H groups in total. The lowest BCUT2D eigenvalue weighted by atomic mass is 9.90. The third-order valence-electron chi connectivity index (χ3n) is 6.29. The second-order valence-corrected chi connectivity index (χ2v) is 8.37. The van der Waals surface area contributed by atoms with Crippen LogP contribution >= 0.6 is 0 Å². The number of hydrogen-bond acceptors (Lipinski definition) is 3. The molecule has 9 heteroatoms. The van der Waals surface area contributed by atoms with Crippen LogP contribution in [0.5, 0.6) is 0 Å². The maximum absolute atomic E-state index is 12.9. The van der Waals surface area contributed by atoms with E-state index < -0.39 is 11.7 Å². The molecule has 3 heterocycles. The van der Waals surface area contributed by atoms with Crippen LogP contribution in [0.2, 0.25) is 0 Å². The lowest BCUT2D eigenvalue weighted by molar-refractivity contribution is -0.140. The molecule has 4 rings (SSSR count). The number of piperidine rings is 2. The normalized spacial score (nSPS) is 25.6. The van der Waals surface area contributed by atoms with Crippen LogP contribution in [-0.2, 0) is 22.1 Å². The molecule has 0 bridgehead atoms. The van der Waals surface area contributed by atoms with E-state index in [9.17, 15) is 22.8 Å². The maximum Gasteiger partial charge on any atom is 0.416 e. The molecule has 3 amide bonds. The maximum atomic E-state index is 12.9. The minimum absolute atomic E-state index is 0. The van der Waals surface area contributed by atoms with Crippen molar-refractivity contribution in [1.29, 1.82) is 0 Å². The molecule has 3 aliphatic heterocycles. The standard InChI is InChI=1S/C21H26F3N3O3.H2/c22-21(23,24)16-3-1-14(2-4-16)11-15-5-8-26(9-6-15)20(29)27-10-7-18-17(12-27)25-19(28)13-30-18;/h1-4,15,17-18H,5-13H2,(H,25,28);1H/t17-,18-;/m1./s1. The fourth-order valence-corrected chi connectivity index (χ4v) is 4.57. The number of urea groups is 1. The van der Waals surface area contributed by atoms with Crippen molar-refractivity contribution in [3.63, 3.8) is 0 Å². The highest BCUT2D eigenvalue weighted by atomic mass is 19.4. The molecule has 30 heavy (non-hydrogen) atoms. The van der Waals surface area contributed by atoms with Crippen LogP contribution < -0.4 is 5.32 Å². The van der Waals surface area contributed by atoms with Gasteiger partial charge < -0.3 is 19.9 Å². The van der Waals surface area contributed by atoms with Gasteiger partial charge in [0.2, 0.25) is 5.91 Å². The second-order valence-electron chi connectivity index (χ2n) is 8.37. The Morgan fingerprint density at radius 1 is 1.10 bits per heavy atom. The number of carbonyl (C=O) groups excluding carboxylic acids is 2. The van der Waals surface area contributed by atoms with E-state index in [2.05, 4.69) is 5.32 Å². The number of rotatable bonds is 2. The highest BCUT2D eigenvalue weighted by molar-refractivity contribution is 5.79. The van der Waals surface area contributed by atoms with Crippen molar-refractivity contribution in [3.05, 3.63) is 35.4 Å². The molecule has 0 aromatic heterocycles. The Hall–Kier alpha value is -2.29. The van der Waals surface area contributed by atoms with E-state index in [1.807, 2.05) is 4.90 Å². The van der Waals surface area contributed by atoms with Crippen molar-refractivity contribution in [2.75, 3.05) is 32.8 Å². The summed E-state index contributed by atoms with van der Waals surface area (Å²) in [4.78, 5) is 28.1. The number of carbonyl (C=O) groups is 2. The zero-order valence-corrected chi connectivity index (χ0v) is 16.7. The molecule has 1 aromatic carbocycles. The number of fused-ring (bicyclic) bond motifs is 1. The van der Waals surface area contributed by atoms with Crippen LogP contribution in [0.1, 0.15) is 31.8 Å². The lowest BCUT2D eigenvalue weighted by Gasteiger charge is -2.43. The number of alkyl halides is 3. The first-order valence-electron chi connectivity index (χ1n) is 10.4. The minimum atomic E-state index is -4.31. The van der Waals surface area contributed by atoms with Crippen molar-refractivity contribution in [2.45, 2.75) is 44.0 Å². The number of morpholine rings is 1. The molecule has 3 aliphatic rings. The van der Waals surface area contributed by atoms with E-state index in [0.717, 1.165) is 37.0 Å². The van der Waals surface area contributed by atoms with Crippen LogP contribution in [0.25, 0.3) is 0 Å². The van der Waals surface area contributed by atoms with Crippen LogP contribution in [0.4, 0.5) is 18.0 Å². The predicted molar refractivity (Wildman–Crippen MR) is 105 cm³/mol. The zero-order chi connectivity index (χ0) is 21.3. The average Bonchev–Trinajstić information content (AvgIpc) is 2.73. The van der Waals surface area contributed by atoms with E-state index in [1.54, 1.807) is 17.0 Å². The number of nitrogens with zero attached hydrogens (tertiary/aromatic N) is 2. The van der Waals surface area contributed by atoms with E-state index >= 15 is 0 Å². The van der Waals surface area contributed by atoms with Crippen molar-refractivity contribution >= 4 is 11.9 Å². The van der Waals surface area contributed by atoms with Crippen LogP contribution in [0.3, 0.4) is 0 Å². The SMILES string of the molecule is O=C1CO[C@@H]2CCN(C(=O)N3CCC(Cc4ccc(C(F)(F)F)cc4)CC3)C[C@H]2N1.[HH]. The second kappa shape index (κ2) is 8.45. The Morgan fingerprint density at radius 2 is 1.77 bits per heavy atom. The number of amides is 3. The summed E-state index contributed by atoms with van der Waals surface area (Å²) in [6.07, 6.45) is -1.26. The molecule has 3 fully saturated rings. The summed E-state index contributed by atoms with van der Waals surface area (Å²) < 4.78 is 43.6. The Bertz CT molecular complexity index is 782. The molecule has 0 saturated carbocycles.